The maximum atomic E-state index is 5.04. The van der Waals surface area contributed by atoms with Gasteiger partial charge in [0.1, 0.15) is 11.3 Å². The molecule has 0 bridgehead atoms. The lowest BCUT2D eigenvalue weighted by Gasteiger charge is -2.14. The van der Waals surface area contributed by atoms with Crippen molar-refractivity contribution >= 4 is 60.4 Å². The van der Waals surface area contributed by atoms with E-state index in [1.807, 2.05) is 18.3 Å². The van der Waals surface area contributed by atoms with Crippen LogP contribution in [0.15, 0.2) is 116 Å². The van der Waals surface area contributed by atoms with Crippen LogP contribution >= 0.6 is 0 Å². The molecule has 0 aliphatic heterocycles. The fraction of sp³-hybridized carbons (Fsp3) is 0.0278. The third kappa shape index (κ3) is 2.63. The lowest BCUT2D eigenvalue weighted by Crippen LogP contribution is -1.99. The average Bonchev–Trinajstić information content (AvgIpc) is 3.71. The molecule has 190 valence electrons. The highest BCUT2D eigenvalue weighted by Crippen LogP contribution is 2.46. The second-order valence-electron chi connectivity index (χ2n) is 10.9. The van der Waals surface area contributed by atoms with Crippen LogP contribution in [0.2, 0.25) is 0 Å². The number of pyridine rings is 3. The van der Waals surface area contributed by atoms with Crippen molar-refractivity contribution in [3.63, 3.8) is 0 Å². The Morgan fingerprint density at radius 3 is 2.27 bits per heavy atom. The average molecular weight is 524 g/mol. The predicted molar refractivity (Wildman–Crippen MR) is 166 cm³/mol. The van der Waals surface area contributed by atoms with Gasteiger partial charge in [-0.2, -0.15) is 0 Å². The quantitative estimate of drug-likeness (QED) is 0.204. The van der Waals surface area contributed by atoms with E-state index in [9.17, 15) is 0 Å². The van der Waals surface area contributed by atoms with Crippen molar-refractivity contribution in [1.82, 2.24) is 23.9 Å². The van der Waals surface area contributed by atoms with Crippen LogP contribution in [0.1, 0.15) is 11.1 Å². The summed E-state index contributed by atoms with van der Waals surface area (Å²) < 4.78 is 4.65. The molecule has 0 spiro atoms. The molecule has 0 amide bonds. The van der Waals surface area contributed by atoms with Crippen LogP contribution < -0.4 is 0 Å². The summed E-state index contributed by atoms with van der Waals surface area (Å²) >= 11 is 0. The Kier molecular flexibility index (Phi) is 3.92. The molecule has 0 atom stereocenters. The van der Waals surface area contributed by atoms with Crippen LogP contribution in [0.4, 0.5) is 0 Å². The minimum atomic E-state index is 0.728. The largest absolute Gasteiger partial charge is 0.308 e. The highest BCUT2D eigenvalue weighted by Gasteiger charge is 2.26. The van der Waals surface area contributed by atoms with E-state index in [1.165, 1.54) is 44.1 Å². The molecule has 41 heavy (non-hydrogen) atoms. The molecule has 5 nitrogen and oxygen atoms in total. The topological polar surface area (TPSA) is 48.0 Å². The van der Waals surface area contributed by atoms with Crippen molar-refractivity contribution in [1.29, 1.82) is 0 Å². The van der Waals surface area contributed by atoms with E-state index in [4.69, 9.17) is 9.97 Å². The molecule has 0 unspecified atom stereocenters. The van der Waals surface area contributed by atoms with Crippen LogP contribution in [-0.2, 0) is 6.42 Å². The van der Waals surface area contributed by atoms with E-state index in [0.717, 1.165) is 50.7 Å². The van der Waals surface area contributed by atoms with E-state index >= 15 is 0 Å². The van der Waals surface area contributed by atoms with Gasteiger partial charge in [0.05, 0.1) is 16.6 Å². The second-order valence-corrected chi connectivity index (χ2v) is 10.9. The van der Waals surface area contributed by atoms with Gasteiger partial charge in [-0.15, -0.1) is 0 Å². The van der Waals surface area contributed by atoms with Crippen molar-refractivity contribution in [3.05, 3.63) is 127 Å². The van der Waals surface area contributed by atoms with E-state index < -0.39 is 0 Å². The summed E-state index contributed by atoms with van der Waals surface area (Å²) in [7, 11) is 0. The lowest BCUT2D eigenvalue weighted by atomic mass is 10.0. The molecule has 5 aromatic heterocycles. The molecule has 0 saturated carbocycles. The smallest absolute Gasteiger partial charge is 0.178 e. The Bertz CT molecular complexity index is 2550. The normalized spacial score (nSPS) is 12.8. The summed E-state index contributed by atoms with van der Waals surface area (Å²) in [6.45, 7) is 0. The number of imidazole rings is 1. The van der Waals surface area contributed by atoms with Gasteiger partial charge >= 0.3 is 0 Å². The van der Waals surface area contributed by atoms with Crippen molar-refractivity contribution in [3.8, 4) is 16.8 Å². The highest BCUT2D eigenvalue weighted by atomic mass is 15.1. The van der Waals surface area contributed by atoms with Gasteiger partial charge < -0.3 is 4.57 Å². The fourth-order valence-corrected chi connectivity index (χ4v) is 7.19. The summed E-state index contributed by atoms with van der Waals surface area (Å²) in [5, 5.41) is 5.86. The summed E-state index contributed by atoms with van der Waals surface area (Å²) in [6, 6.07) is 37.0. The van der Waals surface area contributed by atoms with Gasteiger partial charge in [0.15, 0.2) is 5.65 Å². The van der Waals surface area contributed by atoms with Gasteiger partial charge in [0.25, 0.3) is 0 Å². The van der Waals surface area contributed by atoms with E-state index in [2.05, 4.69) is 105 Å². The number of aromatic nitrogens is 5. The van der Waals surface area contributed by atoms with Gasteiger partial charge in [-0.05, 0) is 64.7 Å². The molecule has 9 aromatic rings. The first-order valence-corrected chi connectivity index (χ1v) is 13.9. The number of hydrogen-bond donors (Lipinski definition) is 0. The molecule has 5 heteroatoms. The van der Waals surface area contributed by atoms with Gasteiger partial charge in [0.2, 0.25) is 0 Å². The zero-order valence-electron chi connectivity index (χ0n) is 21.9. The molecule has 1 aliphatic rings. The Labute approximate surface area is 234 Å². The maximum Gasteiger partial charge on any atom is 0.178 e. The number of hydrogen-bond acceptors (Lipinski definition) is 3. The molecule has 4 aromatic carbocycles. The van der Waals surface area contributed by atoms with Crippen LogP contribution in [0.5, 0.6) is 0 Å². The van der Waals surface area contributed by atoms with Crippen molar-refractivity contribution < 1.29 is 0 Å². The zero-order valence-corrected chi connectivity index (χ0v) is 21.9. The van der Waals surface area contributed by atoms with Gasteiger partial charge in [-0.3, -0.25) is 4.40 Å². The number of nitrogens with zero attached hydrogens (tertiary/aromatic N) is 5. The first kappa shape index (κ1) is 21.3. The SMILES string of the molecule is c1ccc(-n2c3c4c(ccc3c3ccc5c(c6cccnc6n6c7cccnc7nc56)c32)-c2ccccc2C4)cc1. The van der Waals surface area contributed by atoms with Crippen molar-refractivity contribution in [2.45, 2.75) is 6.42 Å². The minimum absolute atomic E-state index is 0.728. The summed E-state index contributed by atoms with van der Waals surface area (Å²) in [5.74, 6) is 0. The molecule has 0 N–H and O–H groups in total. The molecular formula is C36H21N5. The van der Waals surface area contributed by atoms with Crippen LogP contribution in [0.3, 0.4) is 0 Å². The molecular weight excluding hydrogens is 502 g/mol. The molecule has 0 saturated heterocycles. The Morgan fingerprint density at radius 2 is 1.32 bits per heavy atom. The highest BCUT2D eigenvalue weighted by molar-refractivity contribution is 6.28. The Balaban J connectivity index is 1.49. The number of rotatable bonds is 1. The standard InChI is InChI=1S/C36H21N5/c1-2-9-22(10-3-1)40-32-25(15-14-24-23-11-5-4-8-21(23)20-29(24)32)26-16-17-28-31(33(26)40)27-12-6-19-38-35(27)41-30-13-7-18-37-34(30)39-36(28)41/h1-19H,20H2. The summed E-state index contributed by atoms with van der Waals surface area (Å²) in [4.78, 5) is 14.5. The van der Waals surface area contributed by atoms with Crippen molar-refractivity contribution in [2.24, 2.45) is 0 Å². The van der Waals surface area contributed by atoms with Gasteiger partial charge in [-0.25, -0.2) is 15.0 Å². The maximum absolute atomic E-state index is 5.04. The molecule has 0 fully saturated rings. The molecule has 1 aliphatic carbocycles. The minimum Gasteiger partial charge on any atom is -0.308 e. The lowest BCUT2D eigenvalue weighted by molar-refractivity contribution is 1.16. The molecule has 0 radical (unpaired) electrons. The van der Waals surface area contributed by atoms with Crippen LogP contribution in [0.25, 0.3) is 77.2 Å². The predicted octanol–water partition coefficient (Wildman–Crippen LogP) is 8.25. The number of para-hydroxylation sites is 1. The zero-order chi connectivity index (χ0) is 26.7. The first-order valence-electron chi connectivity index (χ1n) is 13.9. The van der Waals surface area contributed by atoms with E-state index in [1.54, 1.807) is 6.20 Å². The second kappa shape index (κ2) is 7.55. The Morgan fingerprint density at radius 1 is 0.561 bits per heavy atom. The van der Waals surface area contributed by atoms with Gasteiger partial charge in [0, 0.05) is 51.4 Å². The fourth-order valence-electron chi connectivity index (χ4n) is 7.19. The number of fused-ring (bicyclic) bond motifs is 16. The molecule has 5 heterocycles. The van der Waals surface area contributed by atoms with Gasteiger partial charge in [-0.1, -0.05) is 60.7 Å². The van der Waals surface area contributed by atoms with Crippen LogP contribution in [0, 0.1) is 0 Å². The van der Waals surface area contributed by atoms with Crippen molar-refractivity contribution in [2.75, 3.05) is 0 Å². The summed E-state index contributed by atoms with van der Waals surface area (Å²) in [5.41, 5.74) is 12.5. The molecule has 10 rings (SSSR count). The monoisotopic (exact) mass is 523 g/mol. The van der Waals surface area contributed by atoms with Crippen LogP contribution in [-0.4, -0.2) is 23.9 Å². The number of benzene rings is 4. The first-order chi connectivity index (χ1) is 20.4. The van der Waals surface area contributed by atoms with E-state index in [0.29, 0.717) is 0 Å². The summed E-state index contributed by atoms with van der Waals surface area (Å²) in [6.07, 6.45) is 4.59. The third-order valence-corrected chi connectivity index (χ3v) is 8.83. The van der Waals surface area contributed by atoms with E-state index in [-0.39, 0.29) is 0 Å². The third-order valence-electron chi connectivity index (χ3n) is 8.83. The Hall–Kier alpha value is -5.55.